The van der Waals surface area contributed by atoms with Gasteiger partial charge in [0, 0.05) is 27.5 Å². The van der Waals surface area contributed by atoms with Crippen molar-refractivity contribution in [2.24, 2.45) is 5.92 Å². The quantitative estimate of drug-likeness (QED) is 0.790. The number of fused-ring (bicyclic) bond motifs is 2. The Morgan fingerprint density at radius 1 is 1.05 bits per heavy atom. The molecule has 0 aliphatic carbocycles. The fourth-order valence-electron chi connectivity index (χ4n) is 3.96. The molecule has 2 atom stereocenters. The van der Waals surface area contributed by atoms with Crippen LogP contribution in [0.25, 0.3) is 0 Å². The Bertz CT molecular complexity index is 541. The lowest BCUT2D eigenvalue weighted by atomic mass is 9.83. The number of Topliss-reactive ketones (excluding diaryl/α,β-unsaturated/α-hetero) is 1. The van der Waals surface area contributed by atoms with Gasteiger partial charge in [0.15, 0.2) is 12.1 Å². The van der Waals surface area contributed by atoms with Crippen LogP contribution >= 0.6 is 11.8 Å². The summed E-state index contributed by atoms with van der Waals surface area (Å²) < 4.78 is 11.2. The van der Waals surface area contributed by atoms with E-state index < -0.39 is 0 Å². The standard InChI is InChI=1S/C18H22O3S/c19-17(12-10-13-4-3-5-14(11-12)22-13)15-6-1-2-7-16(15)18-20-8-9-21-18/h1-2,6-7,12-14,18H,3-5,8-11H2. The van der Waals surface area contributed by atoms with Gasteiger partial charge in [-0.1, -0.05) is 30.7 Å². The Morgan fingerprint density at radius 3 is 2.45 bits per heavy atom. The average Bonchev–Trinajstić information content (AvgIpc) is 3.08. The number of ether oxygens (including phenoxy) is 2. The van der Waals surface area contributed by atoms with Crippen LogP contribution in [-0.4, -0.2) is 29.5 Å². The predicted molar refractivity (Wildman–Crippen MR) is 87.2 cm³/mol. The first-order valence-electron chi connectivity index (χ1n) is 8.33. The highest BCUT2D eigenvalue weighted by molar-refractivity contribution is 8.00. The number of hydrogen-bond acceptors (Lipinski definition) is 4. The van der Waals surface area contributed by atoms with Crippen molar-refractivity contribution in [3.63, 3.8) is 0 Å². The molecule has 3 heterocycles. The molecule has 118 valence electrons. The Morgan fingerprint density at radius 2 is 1.73 bits per heavy atom. The minimum atomic E-state index is -0.363. The predicted octanol–water partition coefficient (Wildman–Crippen LogP) is 3.98. The average molecular weight is 318 g/mol. The van der Waals surface area contributed by atoms with E-state index >= 15 is 0 Å². The molecule has 1 aromatic carbocycles. The van der Waals surface area contributed by atoms with E-state index in [1.165, 1.54) is 19.3 Å². The lowest BCUT2D eigenvalue weighted by Gasteiger charge is -2.38. The molecule has 0 saturated carbocycles. The second-order valence-electron chi connectivity index (χ2n) is 6.50. The van der Waals surface area contributed by atoms with Crippen molar-refractivity contribution in [3.8, 4) is 0 Å². The third kappa shape index (κ3) is 2.84. The third-order valence-electron chi connectivity index (χ3n) is 5.00. The molecule has 0 N–H and O–H groups in total. The van der Waals surface area contributed by atoms with Crippen molar-refractivity contribution >= 4 is 17.5 Å². The molecule has 3 aliphatic heterocycles. The fourth-order valence-corrected chi connectivity index (χ4v) is 5.79. The number of carbonyl (C=O) groups excluding carboxylic acids is 1. The van der Waals surface area contributed by atoms with Crippen LogP contribution < -0.4 is 0 Å². The molecule has 3 fully saturated rings. The Hall–Kier alpha value is -0.840. The normalized spacial score (nSPS) is 32.1. The third-order valence-corrected chi connectivity index (χ3v) is 6.63. The Labute approximate surface area is 135 Å². The van der Waals surface area contributed by atoms with Gasteiger partial charge in [0.05, 0.1) is 13.2 Å². The van der Waals surface area contributed by atoms with Crippen LogP contribution in [0.15, 0.2) is 24.3 Å². The van der Waals surface area contributed by atoms with Crippen LogP contribution in [0.5, 0.6) is 0 Å². The summed E-state index contributed by atoms with van der Waals surface area (Å²) in [6, 6.07) is 7.83. The molecule has 3 aliphatic rings. The largest absolute Gasteiger partial charge is 0.346 e. The summed E-state index contributed by atoms with van der Waals surface area (Å²) in [4.78, 5) is 13.1. The van der Waals surface area contributed by atoms with Gasteiger partial charge >= 0.3 is 0 Å². The topological polar surface area (TPSA) is 35.5 Å². The molecule has 0 aromatic heterocycles. The molecule has 4 rings (SSSR count). The van der Waals surface area contributed by atoms with Crippen molar-refractivity contribution in [2.45, 2.75) is 48.9 Å². The maximum Gasteiger partial charge on any atom is 0.184 e. The zero-order chi connectivity index (χ0) is 14.9. The summed E-state index contributed by atoms with van der Waals surface area (Å²) in [6.07, 6.45) is 5.62. The minimum Gasteiger partial charge on any atom is -0.346 e. The highest BCUT2D eigenvalue weighted by atomic mass is 32.2. The van der Waals surface area contributed by atoms with Crippen LogP contribution in [0, 0.1) is 5.92 Å². The molecule has 0 radical (unpaired) electrons. The highest BCUT2D eigenvalue weighted by Gasteiger charge is 2.37. The molecule has 3 saturated heterocycles. The molecule has 0 spiro atoms. The van der Waals surface area contributed by atoms with Gasteiger partial charge in [-0.3, -0.25) is 4.79 Å². The van der Waals surface area contributed by atoms with Gasteiger partial charge in [-0.25, -0.2) is 0 Å². The smallest absolute Gasteiger partial charge is 0.184 e. The number of hydrogen-bond donors (Lipinski definition) is 0. The van der Waals surface area contributed by atoms with E-state index in [2.05, 4.69) is 11.8 Å². The number of thioether (sulfide) groups is 1. The first-order chi connectivity index (χ1) is 10.8. The minimum absolute atomic E-state index is 0.180. The zero-order valence-electron chi connectivity index (χ0n) is 12.7. The van der Waals surface area contributed by atoms with Crippen molar-refractivity contribution in [1.29, 1.82) is 0 Å². The van der Waals surface area contributed by atoms with Gasteiger partial charge in [-0.05, 0) is 25.7 Å². The summed E-state index contributed by atoms with van der Waals surface area (Å²) in [5.41, 5.74) is 1.72. The summed E-state index contributed by atoms with van der Waals surface area (Å²) in [7, 11) is 0. The van der Waals surface area contributed by atoms with Crippen LogP contribution in [0.3, 0.4) is 0 Å². The zero-order valence-corrected chi connectivity index (χ0v) is 13.5. The highest BCUT2D eigenvalue weighted by Crippen LogP contribution is 2.45. The fraction of sp³-hybridized carbons (Fsp3) is 0.611. The molecule has 22 heavy (non-hydrogen) atoms. The number of ketones is 1. The van der Waals surface area contributed by atoms with Crippen LogP contribution in [-0.2, 0) is 9.47 Å². The Balaban J connectivity index is 1.57. The van der Waals surface area contributed by atoms with Gasteiger partial charge in [-0.15, -0.1) is 0 Å². The molecule has 4 heteroatoms. The molecular weight excluding hydrogens is 296 g/mol. The summed E-state index contributed by atoms with van der Waals surface area (Å²) >= 11 is 2.12. The van der Waals surface area contributed by atoms with E-state index in [1.807, 2.05) is 24.3 Å². The molecule has 2 bridgehead atoms. The van der Waals surface area contributed by atoms with Crippen LogP contribution in [0.4, 0.5) is 0 Å². The van der Waals surface area contributed by atoms with Gasteiger partial charge in [0.1, 0.15) is 0 Å². The summed E-state index contributed by atoms with van der Waals surface area (Å²) in [5, 5.41) is 1.38. The van der Waals surface area contributed by atoms with E-state index in [4.69, 9.17) is 9.47 Å². The van der Waals surface area contributed by atoms with E-state index in [9.17, 15) is 4.79 Å². The molecule has 0 amide bonds. The van der Waals surface area contributed by atoms with E-state index in [0.717, 1.165) is 24.0 Å². The first kappa shape index (κ1) is 14.7. The molecule has 2 unspecified atom stereocenters. The lowest BCUT2D eigenvalue weighted by Crippen LogP contribution is -2.33. The number of benzene rings is 1. The SMILES string of the molecule is O=C(c1ccccc1C1OCCO1)C1CC2CCCC(C1)S2. The molecule has 1 aromatic rings. The number of rotatable bonds is 3. The molecule has 3 nitrogen and oxygen atoms in total. The van der Waals surface area contributed by atoms with Crippen molar-refractivity contribution in [1.82, 2.24) is 0 Å². The summed E-state index contributed by atoms with van der Waals surface area (Å²) in [6.45, 7) is 1.22. The maximum atomic E-state index is 13.1. The number of carbonyl (C=O) groups is 1. The van der Waals surface area contributed by atoms with Crippen LogP contribution in [0.2, 0.25) is 0 Å². The van der Waals surface area contributed by atoms with Gasteiger partial charge in [0.25, 0.3) is 0 Å². The lowest BCUT2D eigenvalue weighted by molar-refractivity contribution is -0.0445. The van der Waals surface area contributed by atoms with Crippen LogP contribution in [0.1, 0.15) is 54.3 Å². The van der Waals surface area contributed by atoms with E-state index in [1.54, 1.807) is 0 Å². The van der Waals surface area contributed by atoms with Gasteiger partial charge in [0.2, 0.25) is 0 Å². The van der Waals surface area contributed by atoms with E-state index in [0.29, 0.717) is 29.5 Å². The van der Waals surface area contributed by atoms with Gasteiger partial charge in [-0.2, -0.15) is 11.8 Å². The van der Waals surface area contributed by atoms with Gasteiger partial charge < -0.3 is 9.47 Å². The summed E-state index contributed by atoms with van der Waals surface area (Å²) in [5.74, 6) is 0.478. The second kappa shape index (κ2) is 6.34. The Kier molecular flexibility index (Phi) is 4.25. The first-order valence-corrected chi connectivity index (χ1v) is 9.27. The van der Waals surface area contributed by atoms with Crippen molar-refractivity contribution in [3.05, 3.63) is 35.4 Å². The molecular formula is C18H22O3S. The van der Waals surface area contributed by atoms with E-state index in [-0.39, 0.29) is 12.2 Å². The second-order valence-corrected chi connectivity index (χ2v) is 8.11. The van der Waals surface area contributed by atoms with Crippen molar-refractivity contribution < 1.29 is 14.3 Å². The monoisotopic (exact) mass is 318 g/mol. The maximum absolute atomic E-state index is 13.1. The van der Waals surface area contributed by atoms with Crippen molar-refractivity contribution in [2.75, 3.05) is 13.2 Å².